The quantitative estimate of drug-likeness (QED) is 0.415. The topological polar surface area (TPSA) is 72.9 Å². The molecule has 2 heterocycles. The summed E-state index contributed by atoms with van der Waals surface area (Å²) in [5, 5.41) is 14.2. The molecule has 3 aliphatic rings. The lowest BCUT2D eigenvalue weighted by Crippen LogP contribution is -2.75. The number of halogens is 1. The normalized spacial score (nSPS) is 22.1. The standard InChI is InChI=1S/C34H45N3O3.ClH/c1-2-3-22-37-32(39)30(31(38)28-17-11-6-12-18-28)35-33(40)34(37)20-24-36(25-21-34)23-19-29(26-13-7-4-8-14-26)27-15-9-5-10-16-27;/h4-5,7-10,13-16,19,28,30-31,38H,2-3,6,11-12,17-18,20-25H2,1H3,(H,35,40);1H/t30-,31-;/m1./s1. The summed E-state index contributed by atoms with van der Waals surface area (Å²) in [6, 6.07) is 20.1. The average molecular weight is 580 g/mol. The summed E-state index contributed by atoms with van der Waals surface area (Å²) in [5.74, 6) is -0.0791. The third kappa shape index (κ3) is 6.87. The number of aliphatic hydroxyl groups is 1. The lowest BCUT2D eigenvalue weighted by molar-refractivity contribution is -0.165. The summed E-state index contributed by atoms with van der Waals surface area (Å²) in [6.07, 6.45) is 9.73. The van der Waals surface area contributed by atoms with Gasteiger partial charge in [-0.15, -0.1) is 12.4 Å². The molecule has 1 spiro atoms. The molecular formula is C34H46ClN3O3. The van der Waals surface area contributed by atoms with E-state index in [0.717, 1.165) is 58.2 Å². The number of piperidine rings is 1. The molecular weight excluding hydrogens is 534 g/mol. The van der Waals surface area contributed by atoms with Gasteiger partial charge in [0.2, 0.25) is 11.8 Å². The van der Waals surface area contributed by atoms with Crippen LogP contribution >= 0.6 is 12.4 Å². The largest absolute Gasteiger partial charge is 0.390 e. The number of benzene rings is 2. The van der Waals surface area contributed by atoms with Crippen LogP contribution in [0.1, 0.15) is 75.8 Å². The van der Waals surface area contributed by atoms with E-state index in [9.17, 15) is 14.7 Å². The van der Waals surface area contributed by atoms with E-state index in [1.54, 1.807) is 0 Å². The Labute approximate surface area is 251 Å². The van der Waals surface area contributed by atoms with E-state index in [1.165, 1.54) is 23.1 Å². The first-order valence-electron chi connectivity index (χ1n) is 15.4. The zero-order chi connectivity index (χ0) is 28.0. The molecule has 0 radical (unpaired) electrons. The highest BCUT2D eigenvalue weighted by Gasteiger charge is 2.55. The van der Waals surface area contributed by atoms with Gasteiger partial charge in [0.05, 0.1) is 6.10 Å². The fourth-order valence-electron chi connectivity index (χ4n) is 6.92. The molecule has 2 N–H and O–H groups in total. The van der Waals surface area contributed by atoms with Crippen molar-refractivity contribution < 1.29 is 14.7 Å². The molecule has 2 aromatic rings. The van der Waals surface area contributed by atoms with Gasteiger partial charge in [0.15, 0.2) is 0 Å². The zero-order valence-corrected chi connectivity index (χ0v) is 25.2. The van der Waals surface area contributed by atoms with E-state index >= 15 is 0 Å². The number of piperazine rings is 1. The molecule has 7 heteroatoms. The molecule has 2 atom stereocenters. The molecule has 0 unspecified atom stereocenters. The van der Waals surface area contributed by atoms with Gasteiger partial charge in [-0.25, -0.2) is 0 Å². The minimum absolute atomic E-state index is 0. The predicted octanol–water partition coefficient (Wildman–Crippen LogP) is 5.44. The number of unbranched alkanes of at least 4 members (excludes halogenated alkanes) is 1. The van der Waals surface area contributed by atoms with Gasteiger partial charge in [0, 0.05) is 26.2 Å². The molecule has 222 valence electrons. The average Bonchev–Trinajstić information content (AvgIpc) is 3.01. The maximum Gasteiger partial charge on any atom is 0.248 e. The summed E-state index contributed by atoms with van der Waals surface area (Å²) in [6.45, 7) is 4.95. The molecule has 6 nitrogen and oxygen atoms in total. The van der Waals surface area contributed by atoms with E-state index < -0.39 is 17.7 Å². The number of carbonyl (C=O) groups excluding carboxylic acids is 2. The Balaban J connectivity index is 0.00000387. The summed E-state index contributed by atoms with van der Waals surface area (Å²) < 4.78 is 0. The van der Waals surface area contributed by atoms with Crippen molar-refractivity contribution >= 4 is 29.8 Å². The molecule has 41 heavy (non-hydrogen) atoms. The third-order valence-corrected chi connectivity index (χ3v) is 9.37. The van der Waals surface area contributed by atoms with Crippen molar-refractivity contribution in [2.45, 2.75) is 82.4 Å². The number of carbonyl (C=O) groups is 2. The zero-order valence-electron chi connectivity index (χ0n) is 24.3. The van der Waals surface area contributed by atoms with Crippen molar-refractivity contribution in [1.29, 1.82) is 0 Å². The molecule has 2 aliphatic heterocycles. The second-order valence-corrected chi connectivity index (χ2v) is 11.9. The lowest BCUT2D eigenvalue weighted by atomic mass is 9.78. The van der Waals surface area contributed by atoms with Crippen LogP contribution in [-0.2, 0) is 9.59 Å². The minimum Gasteiger partial charge on any atom is -0.390 e. The number of hydrogen-bond donors (Lipinski definition) is 2. The van der Waals surface area contributed by atoms with E-state index in [-0.39, 0.29) is 30.1 Å². The summed E-state index contributed by atoms with van der Waals surface area (Å²) in [4.78, 5) is 31.9. The van der Waals surface area contributed by atoms with Crippen molar-refractivity contribution in [3.8, 4) is 0 Å². The predicted molar refractivity (Wildman–Crippen MR) is 167 cm³/mol. The summed E-state index contributed by atoms with van der Waals surface area (Å²) in [5.41, 5.74) is 2.76. The molecule has 1 aliphatic carbocycles. The molecule has 1 saturated carbocycles. The Morgan fingerprint density at radius 1 is 0.976 bits per heavy atom. The third-order valence-electron chi connectivity index (χ3n) is 9.37. The highest BCUT2D eigenvalue weighted by Crippen LogP contribution is 2.36. The second kappa shape index (κ2) is 14.5. The van der Waals surface area contributed by atoms with Crippen LogP contribution in [0.2, 0.25) is 0 Å². The Hall–Kier alpha value is -2.67. The van der Waals surface area contributed by atoms with Crippen LogP contribution in [0.25, 0.3) is 5.57 Å². The van der Waals surface area contributed by atoms with Crippen LogP contribution in [0.4, 0.5) is 0 Å². The van der Waals surface area contributed by atoms with Crippen molar-refractivity contribution in [3.63, 3.8) is 0 Å². The first kappa shape index (κ1) is 31.3. The Morgan fingerprint density at radius 2 is 1.56 bits per heavy atom. The monoisotopic (exact) mass is 579 g/mol. The van der Waals surface area contributed by atoms with Crippen LogP contribution in [-0.4, -0.2) is 70.6 Å². The lowest BCUT2D eigenvalue weighted by Gasteiger charge is -2.52. The molecule has 0 bridgehead atoms. The van der Waals surface area contributed by atoms with Crippen molar-refractivity contribution in [3.05, 3.63) is 77.9 Å². The number of nitrogens with zero attached hydrogens (tertiary/aromatic N) is 2. The maximum atomic E-state index is 13.9. The number of amides is 2. The highest BCUT2D eigenvalue weighted by atomic mass is 35.5. The van der Waals surface area contributed by atoms with Crippen LogP contribution in [0.15, 0.2) is 66.7 Å². The smallest absolute Gasteiger partial charge is 0.248 e. The van der Waals surface area contributed by atoms with Crippen LogP contribution < -0.4 is 5.32 Å². The Kier molecular flexibility index (Phi) is 11.0. The van der Waals surface area contributed by atoms with E-state index in [0.29, 0.717) is 19.4 Å². The van der Waals surface area contributed by atoms with Crippen molar-refractivity contribution in [1.82, 2.24) is 15.1 Å². The molecule has 3 fully saturated rings. The summed E-state index contributed by atoms with van der Waals surface area (Å²) >= 11 is 0. The van der Waals surface area contributed by atoms with Gasteiger partial charge in [0.1, 0.15) is 11.6 Å². The van der Waals surface area contributed by atoms with Gasteiger partial charge in [-0.3, -0.25) is 14.5 Å². The van der Waals surface area contributed by atoms with Gasteiger partial charge >= 0.3 is 0 Å². The highest BCUT2D eigenvalue weighted by molar-refractivity contribution is 6.00. The van der Waals surface area contributed by atoms with Gasteiger partial charge in [-0.1, -0.05) is 99.3 Å². The molecule has 0 aromatic heterocycles. The SMILES string of the molecule is CCCCN1C(=O)[C@@H]([C@H](O)C2CCCCC2)NC(=O)C12CCN(CC=C(c1ccccc1)c1ccccc1)CC2.Cl. The van der Waals surface area contributed by atoms with Crippen LogP contribution in [0.5, 0.6) is 0 Å². The fraction of sp³-hybridized carbons (Fsp3) is 0.529. The fourth-order valence-corrected chi connectivity index (χ4v) is 6.92. The first-order chi connectivity index (χ1) is 19.5. The van der Waals surface area contributed by atoms with Crippen molar-refractivity contribution in [2.24, 2.45) is 5.92 Å². The minimum atomic E-state index is -0.822. The first-order valence-corrected chi connectivity index (χ1v) is 15.4. The van der Waals surface area contributed by atoms with Gasteiger partial charge in [0.25, 0.3) is 0 Å². The number of rotatable bonds is 9. The number of nitrogens with one attached hydrogen (secondary N) is 1. The number of aliphatic hydroxyl groups excluding tert-OH is 1. The maximum absolute atomic E-state index is 13.9. The molecule has 2 amide bonds. The second-order valence-electron chi connectivity index (χ2n) is 11.9. The number of likely N-dealkylation sites (tertiary alicyclic amines) is 1. The van der Waals surface area contributed by atoms with Gasteiger partial charge in [-0.05, 0) is 54.7 Å². The Morgan fingerprint density at radius 3 is 2.12 bits per heavy atom. The van der Waals surface area contributed by atoms with Gasteiger partial charge in [-0.2, -0.15) is 0 Å². The molecule has 2 saturated heterocycles. The van der Waals surface area contributed by atoms with Crippen LogP contribution in [0, 0.1) is 5.92 Å². The molecule has 2 aromatic carbocycles. The number of hydrogen-bond acceptors (Lipinski definition) is 4. The van der Waals surface area contributed by atoms with E-state index in [1.807, 2.05) is 17.0 Å². The van der Waals surface area contributed by atoms with E-state index in [4.69, 9.17) is 0 Å². The summed E-state index contributed by atoms with van der Waals surface area (Å²) in [7, 11) is 0. The van der Waals surface area contributed by atoms with Crippen molar-refractivity contribution in [2.75, 3.05) is 26.2 Å². The Bertz CT molecular complexity index is 1120. The molecule has 5 rings (SSSR count). The van der Waals surface area contributed by atoms with Gasteiger partial charge < -0.3 is 15.3 Å². The van der Waals surface area contributed by atoms with E-state index in [2.05, 4.69) is 71.7 Å². The van der Waals surface area contributed by atoms with Crippen LogP contribution in [0.3, 0.4) is 0 Å².